The monoisotopic (exact) mass is 315 g/mol. The van der Waals surface area contributed by atoms with Crippen molar-refractivity contribution in [2.24, 2.45) is 11.7 Å². The molecule has 1 aliphatic carbocycles. The molecule has 0 heterocycles. The fourth-order valence-electron chi connectivity index (χ4n) is 3.09. The number of halogens is 2. The average Bonchev–Trinajstić information content (AvgIpc) is 2.44. The van der Waals surface area contributed by atoms with Crippen LogP contribution in [0.2, 0.25) is 10.0 Å². The van der Waals surface area contributed by atoms with Gasteiger partial charge in [-0.25, -0.2) is 0 Å². The Hall–Kier alpha value is -0.280. The van der Waals surface area contributed by atoms with Gasteiger partial charge in [0.15, 0.2) is 0 Å². The van der Waals surface area contributed by atoms with Crippen molar-refractivity contribution in [2.75, 3.05) is 6.61 Å². The lowest BCUT2D eigenvalue weighted by molar-refractivity contribution is -0.0896. The van der Waals surface area contributed by atoms with E-state index in [1.807, 2.05) is 25.1 Å². The summed E-state index contributed by atoms with van der Waals surface area (Å²) in [6.45, 7) is 5.01. The predicted molar refractivity (Wildman–Crippen MR) is 85.4 cm³/mol. The minimum absolute atomic E-state index is 0.162. The van der Waals surface area contributed by atoms with Crippen molar-refractivity contribution in [3.05, 3.63) is 33.8 Å². The van der Waals surface area contributed by atoms with E-state index in [2.05, 4.69) is 6.92 Å². The molecule has 0 spiro atoms. The zero-order valence-electron chi connectivity index (χ0n) is 12.2. The van der Waals surface area contributed by atoms with Crippen molar-refractivity contribution in [2.45, 2.75) is 51.2 Å². The normalized spacial score (nSPS) is 28.4. The van der Waals surface area contributed by atoms with Crippen LogP contribution >= 0.6 is 23.2 Å². The Balaban J connectivity index is 2.26. The van der Waals surface area contributed by atoms with Gasteiger partial charge in [-0.1, -0.05) is 36.2 Å². The largest absolute Gasteiger partial charge is 0.373 e. The summed E-state index contributed by atoms with van der Waals surface area (Å²) in [6.07, 6.45) is 4.33. The van der Waals surface area contributed by atoms with Crippen LogP contribution in [0.1, 0.15) is 51.1 Å². The molecule has 0 amide bonds. The minimum Gasteiger partial charge on any atom is -0.373 e. The second kappa shape index (κ2) is 6.65. The first-order chi connectivity index (χ1) is 9.48. The Morgan fingerprint density at radius 3 is 2.50 bits per heavy atom. The van der Waals surface area contributed by atoms with Gasteiger partial charge in [0.05, 0.1) is 21.7 Å². The van der Waals surface area contributed by atoms with Gasteiger partial charge in [0.2, 0.25) is 0 Å². The SMILES string of the molecule is CCOC1(C(N)c2ccc(Cl)c(Cl)c2)CCC(C)CC1. The molecule has 2 rings (SSSR count). The maximum atomic E-state index is 6.53. The molecule has 1 aromatic rings. The van der Waals surface area contributed by atoms with Crippen molar-refractivity contribution in [3.8, 4) is 0 Å². The second-order valence-electron chi connectivity index (χ2n) is 5.83. The summed E-state index contributed by atoms with van der Waals surface area (Å²) in [4.78, 5) is 0. The van der Waals surface area contributed by atoms with E-state index >= 15 is 0 Å². The van der Waals surface area contributed by atoms with Crippen LogP contribution in [-0.4, -0.2) is 12.2 Å². The zero-order chi connectivity index (χ0) is 14.8. The highest BCUT2D eigenvalue weighted by atomic mass is 35.5. The smallest absolute Gasteiger partial charge is 0.0874 e. The molecule has 20 heavy (non-hydrogen) atoms. The van der Waals surface area contributed by atoms with Gasteiger partial charge in [-0.2, -0.15) is 0 Å². The molecule has 4 heteroatoms. The summed E-state index contributed by atoms with van der Waals surface area (Å²) in [6, 6.07) is 5.47. The quantitative estimate of drug-likeness (QED) is 0.850. The van der Waals surface area contributed by atoms with Gasteiger partial charge in [-0.3, -0.25) is 0 Å². The van der Waals surface area contributed by atoms with Gasteiger partial charge in [0.1, 0.15) is 0 Å². The van der Waals surface area contributed by atoms with Gasteiger partial charge in [0, 0.05) is 6.61 Å². The summed E-state index contributed by atoms with van der Waals surface area (Å²) < 4.78 is 6.10. The van der Waals surface area contributed by atoms with Gasteiger partial charge in [-0.05, 0) is 56.2 Å². The van der Waals surface area contributed by atoms with E-state index in [1.165, 1.54) is 0 Å². The highest BCUT2D eigenvalue weighted by Gasteiger charge is 2.41. The van der Waals surface area contributed by atoms with Crippen molar-refractivity contribution >= 4 is 23.2 Å². The Morgan fingerprint density at radius 1 is 1.30 bits per heavy atom. The standard InChI is InChI=1S/C16H23Cl2NO/c1-3-20-16(8-6-11(2)7-9-16)15(19)12-4-5-13(17)14(18)10-12/h4-5,10-11,15H,3,6-9,19H2,1-2H3. The summed E-state index contributed by atoms with van der Waals surface area (Å²) >= 11 is 12.1. The molecule has 0 bridgehead atoms. The number of rotatable bonds is 4. The van der Waals surface area contributed by atoms with E-state index in [0.29, 0.717) is 16.7 Å². The van der Waals surface area contributed by atoms with Crippen LogP contribution < -0.4 is 5.73 Å². The molecule has 1 unspecified atom stereocenters. The van der Waals surface area contributed by atoms with E-state index in [-0.39, 0.29) is 11.6 Å². The van der Waals surface area contributed by atoms with Gasteiger partial charge in [-0.15, -0.1) is 0 Å². The molecule has 112 valence electrons. The molecule has 0 aromatic heterocycles. The first-order valence-corrected chi connectivity index (χ1v) is 8.08. The predicted octanol–water partition coefficient (Wildman–Crippen LogP) is 4.98. The highest BCUT2D eigenvalue weighted by molar-refractivity contribution is 6.42. The molecular weight excluding hydrogens is 293 g/mol. The molecule has 0 radical (unpaired) electrons. The number of ether oxygens (including phenoxy) is 1. The van der Waals surface area contributed by atoms with E-state index in [1.54, 1.807) is 0 Å². The summed E-state index contributed by atoms with van der Waals surface area (Å²) in [5.41, 5.74) is 7.27. The molecule has 1 atom stereocenters. The summed E-state index contributed by atoms with van der Waals surface area (Å²) in [5, 5.41) is 1.11. The summed E-state index contributed by atoms with van der Waals surface area (Å²) in [7, 11) is 0. The lowest BCUT2D eigenvalue weighted by Gasteiger charge is -2.43. The van der Waals surface area contributed by atoms with Crippen molar-refractivity contribution in [1.82, 2.24) is 0 Å². The molecule has 0 saturated heterocycles. The molecule has 2 nitrogen and oxygen atoms in total. The van der Waals surface area contributed by atoms with Crippen molar-refractivity contribution in [1.29, 1.82) is 0 Å². The average molecular weight is 316 g/mol. The molecule has 0 aliphatic heterocycles. The maximum Gasteiger partial charge on any atom is 0.0874 e. The lowest BCUT2D eigenvalue weighted by atomic mass is 9.73. The van der Waals surface area contributed by atoms with Crippen LogP contribution in [0.3, 0.4) is 0 Å². The second-order valence-corrected chi connectivity index (χ2v) is 6.65. The van der Waals surface area contributed by atoms with Crippen LogP contribution in [0.4, 0.5) is 0 Å². The third-order valence-electron chi connectivity index (χ3n) is 4.42. The molecule has 1 fully saturated rings. The van der Waals surface area contributed by atoms with Crippen LogP contribution in [0, 0.1) is 5.92 Å². The van der Waals surface area contributed by atoms with E-state index in [9.17, 15) is 0 Å². The first-order valence-electron chi connectivity index (χ1n) is 7.33. The van der Waals surface area contributed by atoms with Crippen LogP contribution in [0.25, 0.3) is 0 Å². The fourth-order valence-corrected chi connectivity index (χ4v) is 3.40. The molecule has 1 aliphatic rings. The lowest BCUT2D eigenvalue weighted by Crippen LogP contribution is -2.46. The zero-order valence-corrected chi connectivity index (χ0v) is 13.7. The Bertz CT molecular complexity index is 456. The Kier molecular flexibility index (Phi) is 5.36. The minimum atomic E-state index is -0.265. The highest BCUT2D eigenvalue weighted by Crippen LogP contribution is 2.42. The van der Waals surface area contributed by atoms with E-state index in [4.69, 9.17) is 33.7 Å². The number of benzene rings is 1. The Labute approximate surface area is 131 Å². The van der Waals surface area contributed by atoms with Crippen LogP contribution in [-0.2, 0) is 4.74 Å². The van der Waals surface area contributed by atoms with Gasteiger partial charge in [0.25, 0.3) is 0 Å². The van der Waals surface area contributed by atoms with Crippen molar-refractivity contribution in [3.63, 3.8) is 0 Å². The third-order valence-corrected chi connectivity index (χ3v) is 5.16. The van der Waals surface area contributed by atoms with Crippen LogP contribution in [0.15, 0.2) is 18.2 Å². The van der Waals surface area contributed by atoms with E-state index in [0.717, 1.165) is 37.2 Å². The summed E-state index contributed by atoms with van der Waals surface area (Å²) in [5.74, 6) is 0.754. The van der Waals surface area contributed by atoms with Gasteiger partial charge >= 0.3 is 0 Å². The third kappa shape index (κ3) is 3.30. The van der Waals surface area contributed by atoms with Gasteiger partial charge < -0.3 is 10.5 Å². The van der Waals surface area contributed by atoms with Crippen molar-refractivity contribution < 1.29 is 4.74 Å². The van der Waals surface area contributed by atoms with Crippen LogP contribution in [0.5, 0.6) is 0 Å². The Morgan fingerprint density at radius 2 is 1.95 bits per heavy atom. The number of hydrogen-bond acceptors (Lipinski definition) is 2. The number of hydrogen-bond donors (Lipinski definition) is 1. The molecule has 1 saturated carbocycles. The maximum absolute atomic E-state index is 6.53. The molecular formula is C16H23Cl2NO. The molecule has 1 aromatic carbocycles. The van der Waals surface area contributed by atoms with E-state index < -0.39 is 0 Å². The molecule has 2 N–H and O–H groups in total. The topological polar surface area (TPSA) is 35.2 Å². The fraction of sp³-hybridized carbons (Fsp3) is 0.625. The number of nitrogens with two attached hydrogens (primary N) is 1. The first kappa shape index (κ1) is 16.1.